The minimum Gasteiger partial charge on any atom is -0.352 e. The van der Waals surface area contributed by atoms with E-state index in [-0.39, 0.29) is 12.5 Å². The van der Waals surface area contributed by atoms with Crippen molar-refractivity contribution >= 4 is 5.91 Å². The standard InChI is InChI=1S/C17H21FN2O/c18-15-8-9-16(14(11-15)7-4-10-19)17(21)20-12-13-5-2-1-3-6-13/h8-9,11,13H,1-3,5-6,10,12,19H2,(H,20,21). The molecule has 4 heteroatoms. The summed E-state index contributed by atoms with van der Waals surface area (Å²) in [5.41, 5.74) is 6.13. The minimum atomic E-state index is -0.403. The maximum absolute atomic E-state index is 13.3. The first kappa shape index (κ1) is 15.5. The van der Waals surface area contributed by atoms with Crippen LogP contribution in [-0.4, -0.2) is 19.0 Å². The lowest BCUT2D eigenvalue weighted by Crippen LogP contribution is -2.30. The molecular formula is C17H21FN2O. The second-order valence-corrected chi connectivity index (χ2v) is 5.41. The molecule has 112 valence electrons. The number of rotatable bonds is 3. The third kappa shape index (κ3) is 4.57. The van der Waals surface area contributed by atoms with Crippen molar-refractivity contribution in [2.45, 2.75) is 32.1 Å². The average Bonchev–Trinajstić information content (AvgIpc) is 2.51. The first-order valence-corrected chi connectivity index (χ1v) is 7.47. The number of carbonyl (C=O) groups excluding carboxylic acids is 1. The first-order chi connectivity index (χ1) is 10.2. The molecule has 0 aliphatic heterocycles. The van der Waals surface area contributed by atoms with Crippen LogP contribution in [-0.2, 0) is 0 Å². The van der Waals surface area contributed by atoms with Crippen molar-refractivity contribution < 1.29 is 9.18 Å². The summed E-state index contributed by atoms with van der Waals surface area (Å²) < 4.78 is 13.3. The summed E-state index contributed by atoms with van der Waals surface area (Å²) in [5.74, 6) is 5.38. The van der Waals surface area contributed by atoms with E-state index >= 15 is 0 Å². The third-order valence-corrected chi connectivity index (χ3v) is 3.83. The van der Waals surface area contributed by atoms with Gasteiger partial charge < -0.3 is 11.1 Å². The number of nitrogens with one attached hydrogen (secondary N) is 1. The normalized spacial score (nSPS) is 15.1. The molecule has 0 saturated heterocycles. The third-order valence-electron chi connectivity index (χ3n) is 3.83. The molecule has 1 aliphatic rings. The van der Waals surface area contributed by atoms with Gasteiger partial charge in [-0.1, -0.05) is 31.1 Å². The van der Waals surface area contributed by atoms with Gasteiger partial charge in [-0.15, -0.1) is 0 Å². The summed E-state index contributed by atoms with van der Waals surface area (Å²) in [7, 11) is 0. The Balaban J connectivity index is 2.03. The molecule has 0 heterocycles. The fraction of sp³-hybridized carbons (Fsp3) is 0.471. The molecule has 0 radical (unpaired) electrons. The Labute approximate surface area is 125 Å². The van der Waals surface area contributed by atoms with Crippen LogP contribution in [0, 0.1) is 23.6 Å². The van der Waals surface area contributed by atoms with Crippen molar-refractivity contribution in [2.75, 3.05) is 13.1 Å². The van der Waals surface area contributed by atoms with Crippen LogP contribution in [0.4, 0.5) is 4.39 Å². The molecule has 0 unspecified atom stereocenters. The number of benzene rings is 1. The highest BCUT2D eigenvalue weighted by Crippen LogP contribution is 2.23. The summed E-state index contributed by atoms with van der Waals surface area (Å²) in [5, 5.41) is 2.94. The lowest BCUT2D eigenvalue weighted by Gasteiger charge is -2.21. The second kappa shape index (κ2) is 7.80. The Morgan fingerprint density at radius 3 is 2.81 bits per heavy atom. The average molecular weight is 288 g/mol. The molecule has 0 atom stereocenters. The van der Waals surface area contributed by atoms with E-state index in [1.54, 1.807) is 0 Å². The minimum absolute atomic E-state index is 0.180. The number of carbonyl (C=O) groups is 1. The Morgan fingerprint density at radius 2 is 2.10 bits per heavy atom. The van der Waals surface area contributed by atoms with Crippen molar-refractivity contribution in [1.82, 2.24) is 5.32 Å². The Bertz CT molecular complexity index is 554. The van der Waals surface area contributed by atoms with Gasteiger partial charge in [0.1, 0.15) is 5.82 Å². The number of hydrogen-bond donors (Lipinski definition) is 2. The van der Waals surface area contributed by atoms with Crippen molar-refractivity contribution in [3.63, 3.8) is 0 Å². The van der Waals surface area contributed by atoms with E-state index in [1.807, 2.05) is 0 Å². The predicted molar refractivity (Wildman–Crippen MR) is 81.2 cm³/mol. The Morgan fingerprint density at radius 1 is 1.33 bits per heavy atom. The summed E-state index contributed by atoms with van der Waals surface area (Å²) in [6.07, 6.45) is 6.11. The van der Waals surface area contributed by atoms with E-state index in [0.29, 0.717) is 23.6 Å². The summed E-state index contributed by atoms with van der Waals surface area (Å²) in [6, 6.07) is 4.04. The maximum atomic E-state index is 13.3. The van der Waals surface area contributed by atoms with E-state index in [1.165, 1.54) is 50.3 Å². The molecule has 21 heavy (non-hydrogen) atoms. The van der Waals surface area contributed by atoms with Crippen LogP contribution >= 0.6 is 0 Å². The molecule has 3 N–H and O–H groups in total. The topological polar surface area (TPSA) is 55.1 Å². The Kier molecular flexibility index (Phi) is 5.77. The smallest absolute Gasteiger partial charge is 0.252 e. The van der Waals surface area contributed by atoms with Gasteiger partial charge in [-0.2, -0.15) is 0 Å². The number of hydrogen-bond acceptors (Lipinski definition) is 2. The largest absolute Gasteiger partial charge is 0.352 e. The molecule has 1 aromatic rings. The van der Waals surface area contributed by atoms with Gasteiger partial charge in [0.2, 0.25) is 0 Å². The van der Waals surface area contributed by atoms with Gasteiger partial charge >= 0.3 is 0 Å². The number of halogens is 1. The molecule has 1 amide bonds. The van der Waals surface area contributed by atoms with Gasteiger partial charge in [0.25, 0.3) is 5.91 Å². The second-order valence-electron chi connectivity index (χ2n) is 5.41. The molecule has 3 nitrogen and oxygen atoms in total. The molecule has 1 aromatic carbocycles. The molecule has 0 aromatic heterocycles. The highest BCUT2D eigenvalue weighted by atomic mass is 19.1. The van der Waals surface area contributed by atoms with Crippen molar-refractivity contribution in [3.05, 3.63) is 35.1 Å². The molecule has 1 aliphatic carbocycles. The first-order valence-electron chi connectivity index (χ1n) is 7.47. The van der Waals surface area contributed by atoms with Gasteiger partial charge in [0, 0.05) is 12.1 Å². The van der Waals surface area contributed by atoms with E-state index < -0.39 is 5.82 Å². The quantitative estimate of drug-likeness (QED) is 0.839. The zero-order chi connectivity index (χ0) is 15.1. The van der Waals surface area contributed by atoms with Crippen molar-refractivity contribution in [1.29, 1.82) is 0 Å². The SMILES string of the molecule is NCC#Cc1cc(F)ccc1C(=O)NCC1CCCCC1. The van der Waals surface area contributed by atoms with Gasteiger partial charge in [-0.05, 0) is 37.0 Å². The molecule has 2 rings (SSSR count). The van der Waals surface area contributed by atoms with Crippen LogP contribution < -0.4 is 11.1 Å². The number of nitrogens with two attached hydrogens (primary N) is 1. The van der Waals surface area contributed by atoms with Crippen LogP contribution in [0.25, 0.3) is 0 Å². The van der Waals surface area contributed by atoms with E-state index in [9.17, 15) is 9.18 Å². The van der Waals surface area contributed by atoms with E-state index in [0.717, 1.165) is 0 Å². The fourth-order valence-corrected chi connectivity index (χ4v) is 2.69. The molecule has 0 spiro atoms. The Hall–Kier alpha value is -1.86. The molecule has 1 fully saturated rings. The summed E-state index contributed by atoms with van der Waals surface area (Å²) in [6.45, 7) is 0.861. The maximum Gasteiger partial charge on any atom is 0.252 e. The van der Waals surface area contributed by atoms with Gasteiger partial charge in [0.05, 0.1) is 12.1 Å². The monoisotopic (exact) mass is 288 g/mol. The highest BCUT2D eigenvalue weighted by Gasteiger charge is 2.16. The van der Waals surface area contributed by atoms with Crippen LogP contribution in [0.2, 0.25) is 0 Å². The van der Waals surface area contributed by atoms with Crippen LogP contribution in [0.3, 0.4) is 0 Å². The lowest BCUT2D eigenvalue weighted by atomic mass is 9.89. The van der Waals surface area contributed by atoms with Crippen LogP contribution in [0.1, 0.15) is 48.0 Å². The molecule has 0 bridgehead atoms. The van der Waals surface area contributed by atoms with Crippen molar-refractivity contribution in [2.24, 2.45) is 11.7 Å². The summed E-state index contributed by atoms with van der Waals surface area (Å²) in [4.78, 5) is 12.3. The van der Waals surface area contributed by atoms with Crippen LogP contribution in [0.5, 0.6) is 0 Å². The molecular weight excluding hydrogens is 267 g/mol. The van der Waals surface area contributed by atoms with E-state index in [2.05, 4.69) is 17.2 Å². The van der Waals surface area contributed by atoms with Gasteiger partial charge in [-0.3, -0.25) is 4.79 Å². The van der Waals surface area contributed by atoms with Gasteiger partial charge in [0.15, 0.2) is 0 Å². The fourth-order valence-electron chi connectivity index (χ4n) is 2.69. The zero-order valence-electron chi connectivity index (χ0n) is 12.1. The van der Waals surface area contributed by atoms with Crippen LogP contribution in [0.15, 0.2) is 18.2 Å². The lowest BCUT2D eigenvalue weighted by molar-refractivity contribution is 0.0943. The van der Waals surface area contributed by atoms with Gasteiger partial charge in [-0.25, -0.2) is 4.39 Å². The molecule has 1 saturated carbocycles. The predicted octanol–water partition coefficient (Wildman–Crippen LogP) is 2.45. The highest BCUT2D eigenvalue weighted by molar-refractivity contribution is 5.96. The van der Waals surface area contributed by atoms with Crippen molar-refractivity contribution in [3.8, 4) is 11.8 Å². The van der Waals surface area contributed by atoms with E-state index in [4.69, 9.17) is 5.73 Å². The summed E-state index contributed by atoms with van der Waals surface area (Å²) >= 11 is 0. The number of amides is 1. The zero-order valence-corrected chi connectivity index (χ0v) is 12.1.